The van der Waals surface area contributed by atoms with E-state index in [0.717, 1.165) is 16.7 Å². The van der Waals surface area contributed by atoms with Crippen molar-refractivity contribution in [3.05, 3.63) is 34.9 Å². The van der Waals surface area contributed by atoms with Crippen molar-refractivity contribution in [1.82, 2.24) is 4.90 Å². The van der Waals surface area contributed by atoms with Crippen molar-refractivity contribution in [2.75, 3.05) is 6.54 Å². The molecule has 108 valence electrons. The fourth-order valence-electron chi connectivity index (χ4n) is 2.60. The molecule has 0 saturated carbocycles. The van der Waals surface area contributed by atoms with E-state index in [1.54, 1.807) is 13.8 Å². The molecular weight excluding hydrogens is 254 g/mol. The van der Waals surface area contributed by atoms with Crippen LogP contribution in [0.15, 0.2) is 18.2 Å². The fraction of sp³-hybridized carbons (Fsp3) is 0.500. The number of imide groups is 1. The average molecular weight is 275 g/mol. The lowest BCUT2D eigenvalue weighted by atomic mass is 10.00. The first-order chi connectivity index (χ1) is 9.32. The third-order valence-electron chi connectivity index (χ3n) is 4.21. The SMILES string of the molecule is Cc1ccc(C)c(C(O)CN2C(=O)C(C)C(C)C2=O)c1. The Morgan fingerprint density at radius 3 is 2.25 bits per heavy atom. The topological polar surface area (TPSA) is 57.6 Å². The molecule has 1 aromatic rings. The van der Waals surface area contributed by atoms with E-state index in [1.165, 1.54) is 4.90 Å². The van der Waals surface area contributed by atoms with Gasteiger partial charge in [-0.05, 0) is 25.0 Å². The number of carbonyl (C=O) groups is 2. The zero-order chi connectivity index (χ0) is 15.0. The number of nitrogens with zero attached hydrogens (tertiary/aromatic N) is 1. The van der Waals surface area contributed by atoms with E-state index in [-0.39, 0.29) is 30.2 Å². The molecule has 0 radical (unpaired) electrons. The Labute approximate surface area is 119 Å². The van der Waals surface area contributed by atoms with Crippen molar-refractivity contribution in [1.29, 1.82) is 0 Å². The van der Waals surface area contributed by atoms with Gasteiger partial charge in [0.25, 0.3) is 0 Å². The Hall–Kier alpha value is -1.68. The van der Waals surface area contributed by atoms with Crippen LogP contribution in [0.1, 0.15) is 36.6 Å². The lowest BCUT2D eigenvalue weighted by molar-refractivity contribution is -0.141. The molecule has 1 N–H and O–H groups in total. The van der Waals surface area contributed by atoms with Crippen LogP contribution in [0.2, 0.25) is 0 Å². The number of aryl methyl sites for hydroxylation is 2. The molecule has 1 saturated heterocycles. The minimum atomic E-state index is -0.833. The van der Waals surface area contributed by atoms with E-state index in [0.29, 0.717) is 0 Å². The van der Waals surface area contributed by atoms with Crippen LogP contribution in [-0.2, 0) is 9.59 Å². The summed E-state index contributed by atoms with van der Waals surface area (Å²) in [6, 6.07) is 5.81. The van der Waals surface area contributed by atoms with E-state index in [2.05, 4.69) is 0 Å². The molecule has 20 heavy (non-hydrogen) atoms. The molecule has 1 heterocycles. The van der Waals surface area contributed by atoms with Gasteiger partial charge < -0.3 is 5.11 Å². The quantitative estimate of drug-likeness (QED) is 0.858. The van der Waals surface area contributed by atoms with E-state index < -0.39 is 6.10 Å². The van der Waals surface area contributed by atoms with Crippen molar-refractivity contribution >= 4 is 11.8 Å². The number of β-amino-alcohol motifs (C(OH)–C–C–N with tert-alkyl or cyclic N) is 1. The summed E-state index contributed by atoms with van der Waals surface area (Å²) in [7, 11) is 0. The molecule has 0 bridgehead atoms. The summed E-state index contributed by atoms with van der Waals surface area (Å²) in [5.74, 6) is -0.972. The van der Waals surface area contributed by atoms with Gasteiger partial charge in [0.2, 0.25) is 11.8 Å². The number of likely N-dealkylation sites (tertiary alicyclic amines) is 1. The van der Waals surface area contributed by atoms with Crippen molar-refractivity contribution < 1.29 is 14.7 Å². The number of hydrogen-bond donors (Lipinski definition) is 1. The van der Waals surface area contributed by atoms with Crippen molar-refractivity contribution in [2.45, 2.75) is 33.8 Å². The Balaban J connectivity index is 2.20. The maximum Gasteiger partial charge on any atom is 0.232 e. The summed E-state index contributed by atoms with van der Waals surface area (Å²) in [6.07, 6.45) is -0.833. The lowest BCUT2D eigenvalue weighted by Crippen LogP contribution is -2.35. The summed E-state index contributed by atoms with van der Waals surface area (Å²) < 4.78 is 0. The van der Waals surface area contributed by atoms with Crippen LogP contribution in [0.25, 0.3) is 0 Å². The van der Waals surface area contributed by atoms with Gasteiger partial charge >= 0.3 is 0 Å². The first kappa shape index (κ1) is 14.7. The zero-order valence-electron chi connectivity index (χ0n) is 12.4. The molecule has 1 aliphatic rings. The van der Waals surface area contributed by atoms with Crippen LogP contribution in [0.4, 0.5) is 0 Å². The second-order valence-corrected chi connectivity index (χ2v) is 5.74. The molecule has 1 fully saturated rings. The van der Waals surface area contributed by atoms with Gasteiger partial charge in [-0.1, -0.05) is 37.6 Å². The van der Waals surface area contributed by atoms with Gasteiger partial charge in [-0.2, -0.15) is 0 Å². The van der Waals surface area contributed by atoms with Crippen LogP contribution in [0.3, 0.4) is 0 Å². The van der Waals surface area contributed by atoms with E-state index >= 15 is 0 Å². The van der Waals surface area contributed by atoms with Gasteiger partial charge in [0.15, 0.2) is 0 Å². The third-order valence-corrected chi connectivity index (χ3v) is 4.21. The number of aliphatic hydroxyl groups excluding tert-OH is 1. The molecule has 3 atom stereocenters. The molecule has 1 aromatic carbocycles. The Kier molecular flexibility index (Phi) is 3.95. The highest BCUT2D eigenvalue weighted by Crippen LogP contribution is 2.28. The van der Waals surface area contributed by atoms with Crippen LogP contribution in [0.5, 0.6) is 0 Å². The molecule has 4 heteroatoms. The first-order valence-corrected chi connectivity index (χ1v) is 6.93. The Morgan fingerprint density at radius 1 is 1.15 bits per heavy atom. The van der Waals surface area contributed by atoms with E-state index in [9.17, 15) is 14.7 Å². The van der Waals surface area contributed by atoms with Gasteiger partial charge in [-0.25, -0.2) is 0 Å². The molecule has 0 aromatic heterocycles. The highest BCUT2D eigenvalue weighted by atomic mass is 16.3. The van der Waals surface area contributed by atoms with Crippen LogP contribution >= 0.6 is 0 Å². The maximum atomic E-state index is 12.0. The smallest absolute Gasteiger partial charge is 0.232 e. The van der Waals surface area contributed by atoms with Gasteiger partial charge in [0.1, 0.15) is 0 Å². The molecule has 4 nitrogen and oxygen atoms in total. The minimum Gasteiger partial charge on any atom is -0.387 e. The van der Waals surface area contributed by atoms with Crippen LogP contribution < -0.4 is 0 Å². The normalized spacial score (nSPS) is 24.4. The number of carbonyl (C=O) groups excluding carboxylic acids is 2. The largest absolute Gasteiger partial charge is 0.387 e. The van der Waals surface area contributed by atoms with E-state index in [1.807, 2.05) is 32.0 Å². The van der Waals surface area contributed by atoms with Crippen molar-refractivity contribution in [2.24, 2.45) is 11.8 Å². The molecule has 0 spiro atoms. The highest BCUT2D eigenvalue weighted by Gasteiger charge is 2.42. The van der Waals surface area contributed by atoms with E-state index in [4.69, 9.17) is 0 Å². The van der Waals surface area contributed by atoms with Gasteiger partial charge in [-0.3, -0.25) is 14.5 Å². The fourth-order valence-corrected chi connectivity index (χ4v) is 2.60. The summed E-state index contributed by atoms with van der Waals surface area (Å²) in [6.45, 7) is 7.42. The number of benzene rings is 1. The van der Waals surface area contributed by atoms with Gasteiger partial charge in [0.05, 0.1) is 12.6 Å². The number of aliphatic hydroxyl groups is 1. The predicted octanol–water partition coefficient (Wildman–Crippen LogP) is 1.98. The molecular formula is C16H21NO3. The third kappa shape index (κ3) is 2.48. The second-order valence-electron chi connectivity index (χ2n) is 5.74. The number of rotatable bonds is 3. The first-order valence-electron chi connectivity index (χ1n) is 6.93. The van der Waals surface area contributed by atoms with Crippen molar-refractivity contribution in [3.63, 3.8) is 0 Å². The lowest BCUT2D eigenvalue weighted by Gasteiger charge is -2.21. The Morgan fingerprint density at radius 2 is 1.70 bits per heavy atom. The van der Waals surface area contributed by atoms with Gasteiger partial charge in [0, 0.05) is 11.8 Å². The van der Waals surface area contributed by atoms with Gasteiger partial charge in [-0.15, -0.1) is 0 Å². The minimum absolute atomic E-state index is 0.0383. The average Bonchev–Trinajstić information content (AvgIpc) is 2.59. The summed E-state index contributed by atoms with van der Waals surface area (Å²) in [4.78, 5) is 25.3. The van der Waals surface area contributed by atoms with Crippen LogP contribution in [0, 0.1) is 25.7 Å². The molecule has 0 aliphatic carbocycles. The Bertz CT molecular complexity index is 533. The molecule has 2 rings (SSSR count). The summed E-state index contributed by atoms with van der Waals surface area (Å²) in [5, 5.41) is 10.3. The van der Waals surface area contributed by atoms with Crippen LogP contribution in [-0.4, -0.2) is 28.4 Å². The summed E-state index contributed by atoms with van der Waals surface area (Å²) >= 11 is 0. The number of hydrogen-bond acceptors (Lipinski definition) is 3. The monoisotopic (exact) mass is 275 g/mol. The summed E-state index contributed by atoms with van der Waals surface area (Å²) in [5.41, 5.74) is 2.78. The molecule has 2 amide bonds. The molecule has 3 unspecified atom stereocenters. The maximum absolute atomic E-state index is 12.0. The molecule has 1 aliphatic heterocycles. The zero-order valence-corrected chi connectivity index (χ0v) is 12.4. The second kappa shape index (κ2) is 5.37. The van der Waals surface area contributed by atoms with Crippen molar-refractivity contribution in [3.8, 4) is 0 Å². The standard InChI is InChI=1S/C16H21NO3/c1-9-5-6-10(2)13(7-9)14(18)8-17-15(19)11(3)12(4)16(17)20/h5-7,11-12,14,18H,8H2,1-4H3. The predicted molar refractivity (Wildman–Crippen MR) is 75.9 cm³/mol. The number of amides is 2. The highest BCUT2D eigenvalue weighted by molar-refractivity contribution is 6.04.